The van der Waals surface area contributed by atoms with Gasteiger partial charge < -0.3 is 23.4 Å². The average Bonchev–Trinajstić information content (AvgIpc) is 1.70. The minimum atomic E-state index is 0. The van der Waals surface area contributed by atoms with E-state index in [1.807, 2.05) is 0 Å². The Bertz CT molecular complexity index is 58.6. The Labute approximate surface area is 111 Å². The van der Waals surface area contributed by atoms with Gasteiger partial charge in [0.25, 0.3) is 0 Å². The first-order valence-electron chi connectivity index (χ1n) is 2.22. The highest BCUT2D eigenvalue weighted by Crippen LogP contribution is 1.14. The Hall–Kier alpha value is -0.260. The largest absolute Gasteiger partial charge is 0.405 e. The molecule has 0 aliphatic heterocycles. The second kappa shape index (κ2) is 234. The molecule has 14 heavy (non-hydrogen) atoms. The first-order chi connectivity index (χ1) is 4.24. The summed E-state index contributed by atoms with van der Waals surface area (Å²) in [6, 6.07) is 0. The van der Waals surface area contributed by atoms with E-state index in [0.29, 0.717) is 0 Å². The van der Waals surface area contributed by atoms with Gasteiger partial charge in [0.1, 0.15) is 0 Å². The van der Waals surface area contributed by atoms with Crippen molar-refractivity contribution in [2.45, 2.75) is 0 Å². The summed E-state index contributed by atoms with van der Waals surface area (Å²) < 4.78 is 0. The van der Waals surface area contributed by atoms with E-state index in [-0.39, 0.29) is 55.8 Å². The van der Waals surface area contributed by atoms with Gasteiger partial charge in [0, 0.05) is 0 Å². The predicted molar refractivity (Wildman–Crippen MR) is 77.2 cm³/mol. The van der Waals surface area contributed by atoms with Gasteiger partial charge >= 0.3 is 0 Å². The summed E-state index contributed by atoms with van der Waals surface area (Å²) in [6.45, 7) is 9.42. The molecule has 8 heteroatoms. The van der Waals surface area contributed by atoms with E-state index in [4.69, 9.17) is 0 Å². The van der Waals surface area contributed by atoms with Crippen LogP contribution in [0.3, 0.4) is 0 Å². The van der Waals surface area contributed by atoms with Crippen molar-refractivity contribution in [1.29, 1.82) is 0 Å². The molecule has 0 bridgehead atoms. The second-order valence-corrected chi connectivity index (χ2v) is 0.707. The molecule has 0 rings (SSSR count). The summed E-state index contributed by atoms with van der Waals surface area (Å²) >= 11 is 0. The van der Waals surface area contributed by atoms with E-state index in [9.17, 15) is 0 Å². The van der Waals surface area contributed by atoms with Gasteiger partial charge in [0.15, 0.2) is 0 Å². The maximum Gasteiger partial charge on any atom is -0.0136 e. The third-order valence-electron chi connectivity index (χ3n) is 0. The Balaban J connectivity index is -0.00000000545. The first kappa shape index (κ1) is 67.7. The third kappa shape index (κ3) is 20000. The minimum absolute atomic E-state index is 0. The lowest BCUT2D eigenvalue weighted by molar-refractivity contribution is 1.64. The average molecular weight is 292 g/mol. The monoisotopic (exact) mass is 290 g/mol. The normalized spacial score (nSPS) is 2.57. The summed E-state index contributed by atoms with van der Waals surface area (Å²) in [6.07, 6.45) is 3.75. The SMILES string of the molecule is C=CN.C=CN.C=CN.Cl.Cl.Cl.Cl.N. The smallest absolute Gasteiger partial charge is 0.0136 e. The van der Waals surface area contributed by atoms with Crippen molar-refractivity contribution in [3.63, 3.8) is 0 Å². The highest BCUT2D eigenvalue weighted by Gasteiger charge is 1.09. The van der Waals surface area contributed by atoms with Crippen LogP contribution in [0.5, 0.6) is 0 Å². The van der Waals surface area contributed by atoms with E-state index in [1.54, 1.807) is 0 Å². The van der Waals surface area contributed by atoms with Crippen LogP contribution in [0.1, 0.15) is 0 Å². The predicted octanol–water partition coefficient (Wildman–Crippen LogP) is 2.12. The summed E-state index contributed by atoms with van der Waals surface area (Å²) in [4.78, 5) is 0. The van der Waals surface area contributed by atoms with Crippen molar-refractivity contribution in [2.24, 2.45) is 17.2 Å². The van der Waals surface area contributed by atoms with Gasteiger partial charge in [-0.15, -0.1) is 49.6 Å². The summed E-state index contributed by atoms with van der Waals surface area (Å²) in [5.41, 5.74) is 13.8. The van der Waals surface area contributed by atoms with Gasteiger partial charge in [0.05, 0.1) is 0 Å². The lowest BCUT2D eigenvalue weighted by Crippen LogP contribution is -1.67. The molecule has 0 aromatic carbocycles. The molecule has 0 heterocycles. The van der Waals surface area contributed by atoms with Crippen LogP contribution < -0.4 is 23.4 Å². The van der Waals surface area contributed by atoms with E-state index in [0.717, 1.165) is 0 Å². The third-order valence-corrected chi connectivity index (χ3v) is 0. The lowest BCUT2D eigenvalue weighted by atomic mass is 11.1. The molecule has 0 radical (unpaired) electrons. The quantitative estimate of drug-likeness (QED) is 0.547. The van der Waals surface area contributed by atoms with Crippen LogP contribution in [0.15, 0.2) is 38.3 Å². The molecule has 0 unspecified atom stereocenters. The van der Waals surface area contributed by atoms with Crippen molar-refractivity contribution < 1.29 is 0 Å². The van der Waals surface area contributed by atoms with Crippen LogP contribution in [0, 0.1) is 0 Å². The van der Waals surface area contributed by atoms with Crippen LogP contribution in [-0.2, 0) is 0 Å². The summed E-state index contributed by atoms with van der Waals surface area (Å²) in [5.74, 6) is 0. The molecule has 0 spiro atoms. The van der Waals surface area contributed by atoms with Crippen molar-refractivity contribution in [1.82, 2.24) is 6.15 Å². The van der Waals surface area contributed by atoms with Crippen LogP contribution in [-0.4, -0.2) is 0 Å². The van der Waals surface area contributed by atoms with Gasteiger partial charge in [-0.25, -0.2) is 0 Å². The minimum Gasteiger partial charge on any atom is -0.405 e. The van der Waals surface area contributed by atoms with Crippen LogP contribution in [0.4, 0.5) is 0 Å². The first-order valence-corrected chi connectivity index (χ1v) is 2.22. The number of nitrogens with two attached hydrogens (primary N) is 3. The Kier molecular flexibility index (Phi) is 1130. The zero-order chi connectivity index (χ0) is 8.12. The number of rotatable bonds is 0. The molecule has 0 amide bonds. The molecular formula is C6H22Cl4N4. The van der Waals surface area contributed by atoms with Gasteiger partial charge in [0.2, 0.25) is 0 Å². The second-order valence-electron chi connectivity index (χ2n) is 0.707. The van der Waals surface area contributed by atoms with Crippen LogP contribution in [0.25, 0.3) is 0 Å². The molecular weight excluding hydrogens is 270 g/mol. The zero-order valence-corrected chi connectivity index (χ0v) is 11.2. The molecule has 0 aromatic rings. The molecule has 4 nitrogen and oxygen atoms in total. The molecule has 0 fully saturated rings. The van der Waals surface area contributed by atoms with Crippen molar-refractivity contribution in [2.75, 3.05) is 0 Å². The molecule has 0 aliphatic rings. The fraction of sp³-hybridized carbons (Fsp3) is 0. The van der Waals surface area contributed by atoms with E-state index >= 15 is 0 Å². The van der Waals surface area contributed by atoms with Gasteiger partial charge in [-0.2, -0.15) is 0 Å². The Morgan fingerprint density at radius 2 is 0.571 bits per heavy atom. The van der Waals surface area contributed by atoms with E-state index in [1.165, 1.54) is 18.6 Å². The van der Waals surface area contributed by atoms with Crippen LogP contribution >= 0.6 is 49.6 Å². The maximum atomic E-state index is 4.61. The number of halogens is 4. The molecule has 0 saturated heterocycles. The molecule has 94 valence electrons. The Morgan fingerprint density at radius 3 is 0.571 bits per heavy atom. The molecule has 0 aliphatic carbocycles. The highest BCUT2D eigenvalue weighted by molar-refractivity contribution is 5.86. The number of hydrogen-bond acceptors (Lipinski definition) is 4. The summed E-state index contributed by atoms with van der Waals surface area (Å²) in [7, 11) is 0. The number of hydrogen-bond donors (Lipinski definition) is 4. The molecule has 0 aromatic heterocycles. The van der Waals surface area contributed by atoms with E-state index in [2.05, 4.69) is 36.9 Å². The topological polar surface area (TPSA) is 113 Å². The molecule has 9 N–H and O–H groups in total. The van der Waals surface area contributed by atoms with Gasteiger partial charge in [-0.1, -0.05) is 19.7 Å². The van der Waals surface area contributed by atoms with E-state index < -0.39 is 0 Å². The summed E-state index contributed by atoms with van der Waals surface area (Å²) in [5, 5.41) is 0. The fourth-order valence-electron chi connectivity index (χ4n) is 0. The van der Waals surface area contributed by atoms with Crippen molar-refractivity contribution in [3.05, 3.63) is 38.3 Å². The van der Waals surface area contributed by atoms with Gasteiger partial charge in [-0.3, -0.25) is 0 Å². The van der Waals surface area contributed by atoms with Crippen molar-refractivity contribution >= 4 is 49.6 Å². The standard InChI is InChI=1S/3C2H5N.4ClH.H3N/c3*1-2-3;;;;;/h3*2H,1,3H2;4*1H;1H3. The fourth-order valence-corrected chi connectivity index (χ4v) is 0. The van der Waals surface area contributed by atoms with Gasteiger partial charge in [-0.05, 0) is 18.6 Å². The molecule has 0 saturated carbocycles. The maximum absolute atomic E-state index is 4.61. The lowest BCUT2D eigenvalue weighted by Gasteiger charge is -1.40. The van der Waals surface area contributed by atoms with Crippen molar-refractivity contribution in [3.8, 4) is 0 Å². The molecule has 0 atom stereocenters. The van der Waals surface area contributed by atoms with Crippen LogP contribution in [0.2, 0.25) is 0 Å². The zero-order valence-electron chi connectivity index (χ0n) is 7.93. The Morgan fingerprint density at radius 1 is 0.571 bits per heavy atom. The highest BCUT2D eigenvalue weighted by atomic mass is 35.5.